The maximum Gasteiger partial charge on any atom is 0.316 e. The molecule has 1 spiro atoms. The lowest BCUT2D eigenvalue weighted by Gasteiger charge is -2.49. The molecule has 3 rings (SSSR count). The Morgan fingerprint density at radius 2 is 2.21 bits per heavy atom. The molecule has 0 aromatic carbocycles. The van der Waals surface area contributed by atoms with Gasteiger partial charge in [-0.15, -0.1) is 0 Å². The zero-order valence-electron chi connectivity index (χ0n) is 13.8. The van der Waals surface area contributed by atoms with E-state index in [4.69, 9.17) is 9.47 Å². The first-order valence-electron chi connectivity index (χ1n) is 7.79. The van der Waals surface area contributed by atoms with Crippen LogP contribution in [0, 0.1) is 12.8 Å². The second-order valence-electron chi connectivity index (χ2n) is 6.34. The Hall–Kier alpha value is -1.74. The van der Waals surface area contributed by atoms with Crippen LogP contribution < -0.4 is 4.74 Å². The van der Waals surface area contributed by atoms with E-state index in [9.17, 15) is 13.2 Å². The first kappa shape index (κ1) is 17.1. The highest BCUT2D eigenvalue weighted by Crippen LogP contribution is 2.44. The highest BCUT2D eigenvalue weighted by atomic mass is 32.2. The van der Waals surface area contributed by atoms with Gasteiger partial charge in [-0.25, -0.2) is 18.4 Å². The summed E-state index contributed by atoms with van der Waals surface area (Å²) in [6.07, 6.45) is 2.13. The smallest absolute Gasteiger partial charge is 0.316 e. The number of rotatable bonds is 5. The van der Waals surface area contributed by atoms with Gasteiger partial charge in [-0.3, -0.25) is 4.79 Å². The average Bonchev–Trinajstić information content (AvgIpc) is 2.74. The molecule has 0 bridgehead atoms. The van der Waals surface area contributed by atoms with E-state index in [0.717, 1.165) is 5.69 Å². The van der Waals surface area contributed by atoms with Gasteiger partial charge < -0.3 is 14.4 Å². The number of hydrogen-bond acceptors (Lipinski definition) is 7. The number of sulfone groups is 1. The molecule has 2 aliphatic heterocycles. The van der Waals surface area contributed by atoms with Gasteiger partial charge in [-0.05, 0) is 19.4 Å². The molecule has 1 atom stereocenters. The monoisotopic (exact) mass is 355 g/mol. The third kappa shape index (κ3) is 2.86. The number of ether oxygens (including phenoxy) is 2. The molecule has 2 aliphatic rings. The predicted molar refractivity (Wildman–Crippen MR) is 85.3 cm³/mol. The van der Waals surface area contributed by atoms with Crippen molar-refractivity contribution < 1.29 is 22.7 Å². The zero-order valence-corrected chi connectivity index (χ0v) is 14.6. The Labute approximate surface area is 141 Å². The topological polar surface area (TPSA) is 98.7 Å². The molecule has 24 heavy (non-hydrogen) atoms. The first-order valence-corrected chi connectivity index (χ1v) is 9.45. The summed E-state index contributed by atoms with van der Waals surface area (Å²) in [4.78, 5) is 21.6. The highest BCUT2D eigenvalue weighted by Gasteiger charge is 2.62. The van der Waals surface area contributed by atoms with Crippen molar-refractivity contribution in [1.82, 2.24) is 14.9 Å². The van der Waals surface area contributed by atoms with Crippen molar-refractivity contribution in [2.24, 2.45) is 5.92 Å². The van der Waals surface area contributed by atoms with Gasteiger partial charge in [-0.2, -0.15) is 0 Å². The molecular formula is C15H21N3O5S. The molecule has 1 amide bonds. The molecule has 2 fully saturated rings. The van der Waals surface area contributed by atoms with Crippen LogP contribution in [0.3, 0.4) is 0 Å². The molecule has 2 saturated heterocycles. The molecule has 132 valence electrons. The van der Waals surface area contributed by atoms with Gasteiger partial charge >= 0.3 is 6.01 Å². The molecule has 0 radical (unpaired) electrons. The second-order valence-corrected chi connectivity index (χ2v) is 8.79. The Balaban J connectivity index is 1.68. The van der Waals surface area contributed by atoms with E-state index < -0.39 is 14.6 Å². The third-order valence-corrected chi connectivity index (χ3v) is 7.43. The van der Waals surface area contributed by atoms with Gasteiger partial charge in [0.2, 0.25) is 5.91 Å². The number of methoxy groups -OCH3 is 1. The van der Waals surface area contributed by atoms with E-state index in [1.54, 1.807) is 12.3 Å². The number of aryl methyl sites for hydroxylation is 1. The summed E-state index contributed by atoms with van der Waals surface area (Å²) < 4.78 is 34.6. The van der Waals surface area contributed by atoms with E-state index >= 15 is 0 Å². The molecule has 0 N–H and O–H groups in total. The van der Waals surface area contributed by atoms with Crippen LogP contribution in [-0.2, 0) is 19.4 Å². The Bertz CT molecular complexity index is 730. The molecule has 0 saturated carbocycles. The highest BCUT2D eigenvalue weighted by molar-refractivity contribution is 7.93. The molecule has 0 aliphatic carbocycles. The van der Waals surface area contributed by atoms with Crippen LogP contribution in [0.4, 0.5) is 0 Å². The number of likely N-dealkylation sites (tertiary alicyclic amines) is 1. The maximum atomic E-state index is 12.5. The summed E-state index contributed by atoms with van der Waals surface area (Å²) in [6.45, 7) is 2.45. The van der Waals surface area contributed by atoms with Crippen molar-refractivity contribution in [2.75, 3.05) is 39.2 Å². The van der Waals surface area contributed by atoms with Crippen LogP contribution in [0.15, 0.2) is 12.3 Å². The van der Waals surface area contributed by atoms with Gasteiger partial charge in [-0.1, -0.05) is 0 Å². The van der Waals surface area contributed by atoms with Crippen molar-refractivity contribution in [2.45, 2.75) is 18.1 Å². The van der Waals surface area contributed by atoms with Crippen LogP contribution >= 0.6 is 0 Å². The van der Waals surface area contributed by atoms with Crippen molar-refractivity contribution in [3.05, 3.63) is 18.0 Å². The number of carbonyl (C=O) groups excluding carboxylic acids is 1. The molecule has 9 heteroatoms. The summed E-state index contributed by atoms with van der Waals surface area (Å²) in [5, 5.41) is 0. The van der Waals surface area contributed by atoms with E-state index in [0.29, 0.717) is 6.42 Å². The zero-order chi connectivity index (χ0) is 17.4. The first-order chi connectivity index (χ1) is 11.4. The third-order valence-electron chi connectivity index (χ3n) is 4.82. The van der Waals surface area contributed by atoms with E-state index in [1.807, 2.05) is 6.92 Å². The van der Waals surface area contributed by atoms with E-state index in [-0.39, 0.29) is 49.9 Å². The number of aromatic nitrogens is 2. The van der Waals surface area contributed by atoms with Crippen molar-refractivity contribution in [3.63, 3.8) is 0 Å². The predicted octanol–water partition coefficient (Wildman–Crippen LogP) is -0.174. The van der Waals surface area contributed by atoms with Crippen LogP contribution in [0.5, 0.6) is 6.01 Å². The number of nitrogens with zero attached hydrogens (tertiary/aromatic N) is 3. The standard InChI is InChI=1S/C15H21N3O5S/c1-11-3-5-16-14(17-11)23-7-12-4-6-24(20,21)15(12)9-18(10-15)13(19)8-22-2/h3,5,12H,4,6-10H2,1-2H3/t12-/m0/s1. The minimum atomic E-state index is -3.25. The van der Waals surface area contributed by atoms with E-state index in [1.165, 1.54) is 12.0 Å². The van der Waals surface area contributed by atoms with Crippen molar-refractivity contribution in [3.8, 4) is 6.01 Å². The quantitative estimate of drug-likeness (QED) is 0.723. The minimum Gasteiger partial charge on any atom is -0.463 e. The number of amides is 1. The fourth-order valence-corrected chi connectivity index (χ4v) is 5.77. The second kappa shape index (κ2) is 6.29. The fourth-order valence-electron chi connectivity index (χ4n) is 3.37. The Morgan fingerprint density at radius 3 is 2.88 bits per heavy atom. The Morgan fingerprint density at radius 1 is 1.46 bits per heavy atom. The molecule has 1 aromatic heterocycles. The van der Waals surface area contributed by atoms with Gasteiger partial charge in [0.25, 0.3) is 0 Å². The summed E-state index contributed by atoms with van der Waals surface area (Å²) in [5.41, 5.74) is 0.786. The van der Waals surface area contributed by atoms with Crippen LogP contribution in [0.25, 0.3) is 0 Å². The number of hydrogen-bond donors (Lipinski definition) is 0. The SMILES string of the molecule is COCC(=O)N1CC2(C1)[C@H](COc1nccc(C)n1)CCS2(=O)=O. The summed E-state index contributed by atoms with van der Waals surface area (Å²) in [7, 11) is -1.81. The molecule has 3 heterocycles. The van der Waals surface area contributed by atoms with Crippen LogP contribution in [0.1, 0.15) is 12.1 Å². The lowest BCUT2D eigenvalue weighted by Crippen LogP contribution is -2.69. The van der Waals surface area contributed by atoms with Crippen LogP contribution in [-0.4, -0.2) is 73.1 Å². The average molecular weight is 355 g/mol. The summed E-state index contributed by atoms with van der Waals surface area (Å²) in [6, 6.07) is 2.01. The number of carbonyl (C=O) groups is 1. The van der Waals surface area contributed by atoms with Gasteiger partial charge in [0.15, 0.2) is 9.84 Å². The van der Waals surface area contributed by atoms with E-state index in [2.05, 4.69) is 9.97 Å². The Kier molecular flexibility index (Phi) is 4.48. The molecular weight excluding hydrogens is 334 g/mol. The normalized spacial score (nSPS) is 23.9. The lowest BCUT2D eigenvalue weighted by molar-refractivity contribution is -0.141. The summed E-state index contributed by atoms with van der Waals surface area (Å²) >= 11 is 0. The van der Waals surface area contributed by atoms with Crippen LogP contribution in [0.2, 0.25) is 0 Å². The minimum absolute atomic E-state index is 0.0333. The maximum absolute atomic E-state index is 12.5. The molecule has 1 aromatic rings. The van der Waals surface area contributed by atoms with Gasteiger partial charge in [0.1, 0.15) is 11.4 Å². The van der Waals surface area contributed by atoms with Gasteiger partial charge in [0.05, 0.1) is 12.4 Å². The lowest BCUT2D eigenvalue weighted by atomic mass is 9.83. The van der Waals surface area contributed by atoms with Gasteiger partial charge in [0, 0.05) is 38.0 Å². The molecule has 8 nitrogen and oxygen atoms in total. The largest absolute Gasteiger partial charge is 0.463 e. The van der Waals surface area contributed by atoms with Crippen molar-refractivity contribution >= 4 is 15.7 Å². The molecule has 0 unspecified atom stereocenters. The fraction of sp³-hybridized carbons (Fsp3) is 0.667. The van der Waals surface area contributed by atoms with Crippen molar-refractivity contribution in [1.29, 1.82) is 0 Å². The summed E-state index contributed by atoms with van der Waals surface area (Å²) in [5.74, 6) is -0.229.